The van der Waals surface area contributed by atoms with Crippen LogP contribution < -0.4 is 4.90 Å². The maximum absolute atomic E-state index is 13.5. The zero-order valence-corrected chi connectivity index (χ0v) is 24.6. The van der Waals surface area contributed by atoms with Gasteiger partial charge >= 0.3 is 6.09 Å². The standard InChI is InChI=1S/C30H34N6O5S/c1-3-40-30(37)34-42(2,38)22-8-6-7-21(19-22)24-20-26(35-14-17-39-18-15-35)33-28-23(24)10-12-31-29(28)25-11-13-32-36(25)27-9-4-5-16-41-27/h6-8,10-13,19-20,27H,3-5,9,14-18H2,1-2H3. The van der Waals surface area contributed by atoms with Crippen LogP contribution in [0.1, 0.15) is 32.4 Å². The first kappa shape index (κ1) is 28.3. The second-order valence-corrected chi connectivity index (χ2v) is 12.5. The van der Waals surface area contributed by atoms with Gasteiger partial charge in [0.1, 0.15) is 17.0 Å². The zero-order valence-electron chi connectivity index (χ0n) is 23.8. The molecule has 11 nitrogen and oxygen atoms in total. The molecule has 2 aliphatic heterocycles. The molecule has 1 amide bonds. The van der Waals surface area contributed by atoms with Gasteiger partial charge in [0.05, 0.1) is 35.2 Å². The number of anilines is 1. The Morgan fingerprint density at radius 1 is 1.12 bits per heavy atom. The molecule has 0 aliphatic carbocycles. The van der Waals surface area contributed by atoms with Crippen molar-refractivity contribution in [3.8, 4) is 22.5 Å². The number of amides is 1. The molecule has 0 N–H and O–H groups in total. The Morgan fingerprint density at radius 2 is 1.98 bits per heavy atom. The Bertz CT molecular complexity index is 1720. The maximum atomic E-state index is 13.5. The van der Waals surface area contributed by atoms with Gasteiger partial charge in [-0.3, -0.25) is 4.98 Å². The van der Waals surface area contributed by atoms with Gasteiger partial charge in [-0.2, -0.15) is 5.10 Å². The molecule has 2 aliphatic rings. The highest BCUT2D eigenvalue weighted by atomic mass is 32.2. The Morgan fingerprint density at radius 3 is 2.76 bits per heavy atom. The van der Waals surface area contributed by atoms with E-state index in [1.165, 1.54) is 6.26 Å². The third-order valence-electron chi connectivity index (χ3n) is 7.49. The number of pyridine rings is 2. The van der Waals surface area contributed by atoms with Crippen molar-refractivity contribution in [3.63, 3.8) is 0 Å². The first-order valence-electron chi connectivity index (χ1n) is 14.2. The number of benzene rings is 1. The number of nitrogens with zero attached hydrogens (tertiary/aromatic N) is 6. The van der Waals surface area contributed by atoms with Crippen LogP contribution in [0.25, 0.3) is 33.4 Å². The van der Waals surface area contributed by atoms with E-state index in [9.17, 15) is 9.00 Å². The van der Waals surface area contributed by atoms with Crippen LogP contribution in [-0.4, -0.2) is 75.8 Å². The number of fused-ring (bicyclic) bond motifs is 1. The molecule has 42 heavy (non-hydrogen) atoms. The average molecular weight is 591 g/mol. The molecule has 2 atom stereocenters. The van der Waals surface area contributed by atoms with Crippen molar-refractivity contribution in [2.45, 2.75) is 37.3 Å². The highest BCUT2D eigenvalue weighted by Crippen LogP contribution is 2.37. The lowest BCUT2D eigenvalue weighted by molar-refractivity contribution is -0.0383. The van der Waals surface area contributed by atoms with Crippen LogP contribution in [0.3, 0.4) is 0 Å². The van der Waals surface area contributed by atoms with Crippen LogP contribution in [0.15, 0.2) is 64.1 Å². The summed E-state index contributed by atoms with van der Waals surface area (Å²) in [6, 6.07) is 13.3. The van der Waals surface area contributed by atoms with Gasteiger partial charge in [-0.1, -0.05) is 12.1 Å². The number of rotatable bonds is 6. The van der Waals surface area contributed by atoms with Gasteiger partial charge in [-0.15, -0.1) is 4.36 Å². The summed E-state index contributed by atoms with van der Waals surface area (Å²) in [6.45, 7) is 5.20. The fraction of sp³-hybridized carbons (Fsp3) is 0.400. The quantitative estimate of drug-likeness (QED) is 0.294. The minimum absolute atomic E-state index is 0.153. The summed E-state index contributed by atoms with van der Waals surface area (Å²) in [5.41, 5.74) is 4.00. The molecular weight excluding hydrogens is 556 g/mol. The van der Waals surface area contributed by atoms with E-state index in [0.717, 1.165) is 52.8 Å². The van der Waals surface area contributed by atoms with E-state index < -0.39 is 15.8 Å². The summed E-state index contributed by atoms with van der Waals surface area (Å²) in [7, 11) is -3.04. The van der Waals surface area contributed by atoms with E-state index in [4.69, 9.17) is 24.2 Å². The molecule has 4 aromatic rings. The number of aromatic nitrogens is 4. The second kappa shape index (κ2) is 12.2. The third-order valence-corrected chi connectivity index (χ3v) is 9.12. The minimum atomic E-state index is -3.04. The lowest BCUT2D eigenvalue weighted by Crippen LogP contribution is -2.36. The molecule has 1 aromatic carbocycles. The van der Waals surface area contributed by atoms with Gasteiger partial charge in [0.25, 0.3) is 0 Å². The Balaban J connectivity index is 1.52. The van der Waals surface area contributed by atoms with Crippen molar-refractivity contribution in [3.05, 3.63) is 54.9 Å². The number of hydrogen-bond acceptors (Lipinski definition) is 9. The average Bonchev–Trinajstić information content (AvgIpc) is 3.51. The Labute approximate surface area is 245 Å². The summed E-state index contributed by atoms with van der Waals surface area (Å²) >= 11 is 0. The van der Waals surface area contributed by atoms with Crippen molar-refractivity contribution < 1.29 is 23.2 Å². The predicted octanol–water partition coefficient (Wildman–Crippen LogP) is 5.31. The fourth-order valence-corrected chi connectivity index (χ4v) is 6.53. The smallest absolute Gasteiger partial charge is 0.442 e. The molecular formula is C30H34N6O5S. The zero-order chi connectivity index (χ0) is 29.1. The van der Waals surface area contributed by atoms with Crippen molar-refractivity contribution in [1.82, 2.24) is 19.7 Å². The maximum Gasteiger partial charge on any atom is 0.442 e. The SMILES string of the molecule is CCOC(=O)N=S(C)(=O)c1cccc(-c2cc(N3CCOCC3)nc3c(-c4ccnn4C4CCCCO4)nccc23)c1. The van der Waals surface area contributed by atoms with Crippen molar-refractivity contribution in [1.29, 1.82) is 0 Å². The molecule has 2 saturated heterocycles. The largest absolute Gasteiger partial charge is 0.448 e. The summed E-state index contributed by atoms with van der Waals surface area (Å²) < 4.78 is 35.9. The molecule has 220 valence electrons. The monoisotopic (exact) mass is 590 g/mol. The molecule has 12 heteroatoms. The molecule has 0 saturated carbocycles. The highest BCUT2D eigenvalue weighted by Gasteiger charge is 2.24. The lowest BCUT2D eigenvalue weighted by Gasteiger charge is -2.29. The first-order valence-corrected chi connectivity index (χ1v) is 16.1. The van der Waals surface area contributed by atoms with E-state index in [-0.39, 0.29) is 12.8 Å². The summed E-state index contributed by atoms with van der Waals surface area (Å²) in [5.74, 6) is 0.800. The van der Waals surface area contributed by atoms with E-state index >= 15 is 0 Å². The Kier molecular flexibility index (Phi) is 8.18. The molecule has 5 heterocycles. The van der Waals surface area contributed by atoms with Gasteiger partial charge in [0, 0.05) is 48.6 Å². The molecule has 0 spiro atoms. The molecule has 6 rings (SSSR count). The van der Waals surface area contributed by atoms with E-state index in [2.05, 4.69) is 20.4 Å². The fourth-order valence-electron chi connectivity index (χ4n) is 5.41. The van der Waals surface area contributed by atoms with Crippen molar-refractivity contribution in [2.75, 3.05) is 50.7 Å². The lowest BCUT2D eigenvalue weighted by atomic mass is 10.00. The van der Waals surface area contributed by atoms with Gasteiger partial charge in [0.2, 0.25) is 0 Å². The molecule has 3 aromatic heterocycles. The topological polar surface area (TPSA) is 121 Å². The van der Waals surface area contributed by atoms with Crippen LogP contribution in [0.4, 0.5) is 10.6 Å². The molecule has 0 bridgehead atoms. The third kappa shape index (κ3) is 5.74. The normalized spacial score (nSPS) is 18.9. The Hall–Kier alpha value is -3.87. The van der Waals surface area contributed by atoms with Crippen LogP contribution in [0.5, 0.6) is 0 Å². The summed E-state index contributed by atoms with van der Waals surface area (Å²) in [4.78, 5) is 24.6. The van der Waals surface area contributed by atoms with Gasteiger partial charge in [0.15, 0.2) is 6.23 Å². The van der Waals surface area contributed by atoms with E-state index in [1.807, 2.05) is 35.0 Å². The number of carbonyl (C=O) groups excluding carboxylic acids is 1. The van der Waals surface area contributed by atoms with E-state index in [1.54, 1.807) is 25.4 Å². The van der Waals surface area contributed by atoms with Crippen molar-refractivity contribution in [2.24, 2.45) is 4.36 Å². The molecule has 0 radical (unpaired) electrons. The number of morpholine rings is 1. The predicted molar refractivity (Wildman–Crippen MR) is 160 cm³/mol. The van der Waals surface area contributed by atoms with Crippen LogP contribution in [-0.2, 0) is 23.9 Å². The number of carbonyl (C=O) groups is 1. The first-order chi connectivity index (χ1) is 20.4. The van der Waals surface area contributed by atoms with Crippen molar-refractivity contribution >= 4 is 32.5 Å². The molecule has 2 unspecified atom stereocenters. The van der Waals surface area contributed by atoms with Crippen LogP contribution >= 0.6 is 0 Å². The molecule has 2 fully saturated rings. The van der Waals surface area contributed by atoms with Crippen LogP contribution in [0, 0.1) is 0 Å². The van der Waals surface area contributed by atoms with Gasteiger partial charge in [-0.05, 0) is 67.6 Å². The summed E-state index contributed by atoms with van der Waals surface area (Å²) in [5, 5.41) is 5.49. The number of ether oxygens (including phenoxy) is 3. The summed E-state index contributed by atoms with van der Waals surface area (Å²) in [6.07, 6.45) is 7.02. The second-order valence-electron chi connectivity index (χ2n) is 10.3. The minimum Gasteiger partial charge on any atom is -0.448 e. The van der Waals surface area contributed by atoms with Gasteiger partial charge < -0.3 is 19.1 Å². The van der Waals surface area contributed by atoms with E-state index in [0.29, 0.717) is 43.5 Å². The number of hydrogen-bond donors (Lipinski definition) is 0. The highest BCUT2D eigenvalue weighted by molar-refractivity contribution is 7.93. The van der Waals surface area contributed by atoms with Crippen LogP contribution in [0.2, 0.25) is 0 Å². The van der Waals surface area contributed by atoms with Gasteiger partial charge in [-0.25, -0.2) is 18.7 Å².